The van der Waals surface area contributed by atoms with E-state index in [-0.39, 0.29) is 6.42 Å². The number of hydrogen-bond donors (Lipinski definition) is 2. The van der Waals surface area contributed by atoms with Gasteiger partial charge in [-0.2, -0.15) is 0 Å². The Kier molecular flexibility index (Phi) is 5.22. The molecule has 0 aliphatic heterocycles. The number of nitrogens with zero attached hydrogens (tertiary/aromatic N) is 2. The lowest BCUT2D eigenvalue weighted by Crippen LogP contribution is -2.42. The molecule has 0 bridgehead atoms. The van der Waals surface area contributed by atoms with Crippen LogP contribution in [0.5, 0.6) is 0 Å². The third-order valence-corrected chi connectivity index (χ3v) is 5.39. The molecule has 29 heavy (non-hydrogen) atoms. The Balaban J connectivity index is 1.75. The zero-order valence-electron chi connectivity index (χ0n) is 15.2. The molecule has 4 aromatic rings. The van der Waals surface area contributed by atoms with Gasteiger partial charge in [-0.05, 0) is 39.7 Å². The highest BCUT2D eigenvalue weighted by molar-refractivity contribution is 9.10. The van der Waals surface area contributed by atoms with Gasteiger partial charge in [-0.1, -0.05) is 42.5 Å². The molecule has 144 valence electrons. The summed E-state index contributed by atoms with van der Waals surface area (Å²) in [7, 11) is 0. The molecule has 1 atom stereocenters. The normalized spacial score (nSPS) is 12.0. The van der Waals surface area contributed by atoms with E-state index in [9.17, 15) is 14.7 Å². The molecule has 0 radical (unpaired) electrons. The first-order chi connectivity index (χ1) is 14.0. The molecule has 2 aromatic heterocycles. The van der Waals surface area contributed by atoms with Crippen LogP contribution < -0.4 is 5.32 Å². The molecule has 0 fully saturated rings. The smallest absolute Gasteiger partial charge is 0.326 e. The molecule has 1 amide bonds. The van der Waals surface area contributed by atoms with E-state index < -0.39 is 17.9 Å². The second-order valence-corrected chi connectivity index (χ2v) is 7.29. The minimum atomic E-state index is -1.11. The topological polar surface area (TPSA) is 92.2 Å². The SMILES string of the molecule is O=C(N[C@H](Cc1cccnc1Br)C(=O)O)c1c2ccccc2nc2ccccc12. The van der Waals surface area contributed by atoms with Crippen molar-refractivity contribution >= 4 is 49.6 Å². The summed E-state index contributed by atoms with van der Waals surface area (Å²) in [4.78, 5) is 33.8. The molecule has 0 saturated heterocycles. The summed E-state index contributed by atoms with van der Waals surface area (Å²) in [5.41, 5.74) is 2.48. The van der Waals surface area contributed by atoms with Gasteiger partial charge in [0.05, 0.1) is 16.6 Å². The Morgan fingerprint density at radius 3 is 2.17 bits per heavy atom. The third kappa shape index (κ3) is 3.82. The number of amides is 1. The van der Waals surface area contributed by atoms with Gasteiger partial charge in [0.25, 0.3) is 5.91 Å². The van der Waals surface area contributed by atoms with Crippen molar-refractivity contribution in [2.45, 2.75) is 12.5 Å². The number of carbonyl (C=O) groups is 2. The van der Waals surface area contributed by atoms with E-state index in [1.165, 1.54) is 0 Å². The Bertz CT molecular complexity index is 1190. The first-order valence-electron chi connectivity index (χ1n) is 8.95. The maximum Gasteiger partial charge on any atom is 0.326 e. The van der Waals surface area contributed by atoms with Crippen molar-refractivity contribution in [2.24, 2.45) is 0 Å². The van der Waals surface area contributed by atoms with Gasteiger partial charge in [0.1, 0.15) is 10.6 Å². The van der Waals surface area contributed by atoms with Crippen LogP contribution >= 0.6 is 15.9 Å². The van der Waals surface area contributed by atoms with Crippen LogP contribution in [-0.2, 0) is 11.2 Å². The van der Waals surface area contributed by atoms with Crippen LogP contribution in [-0.4, -0.2) is 33.0 Å². The quantitative estimate of drug-likeness (QED) is 0.355. The third-order valence-electron chi connectivity index (χ3n) is 4.68. The number of halogens is 1. The van der Waals surface area contributed by atoms with Crippen LogP contribution in [0, 0.1) is 0 Å². The summed E-state index contributed by atoms with van der Waals surface area (Å²) >= 11 is 3.33. The lowest BCUT2D eigenvalue weighted by atomic mass is 10.0. The number of rotatable bonds is 5. The van der Waals surface area contributed by atoms with Gasteiger partial charge in [-0.25, -0.2) is 14.8 Å². The average molecular weight is 450 g/mol. The number of carboxylic acid groups (broad SMARTS) is 1. The summed E-state index contributed by atoms with van der Waals surface area (Å²) in [6.07, 6.45) is 1.72. The van der Waals surface area contributed by atoms with Crippen molar-refractivity contribution in [3.8, 4) is 0 Å². The van der Waals surface area contributed by atoms with Crippen LogP contribution in [0.3, 0.4) is 0 Å². The molecule has 7 heteroatoms. The largest absolute Gasteiger partial charge is 0.480 e. The lowest BCUT2D eigenvalue weighted by Gasteiger charge is -2.17. The van der Waals surface area contributed by atoms with E-state index >= 15 is 0 Å². The summed E-state index contributed by atoms with van der Waals surface area (Å²) in [6, 6.07) is 17.1. The van der Waals surface area contributed by atoms with E-state index in [0.717, 1.165) is 0 Å². The molecule has 2 N–H and O–H groups in total. The number of carboxylic acids is 1. The molecular weight excluding hydrogens is 434 g/mol. The summed E-state index contributed by atoms with van der Waals surface area (Å²) in [5, 5.41) is 13.7. The first kappa shape index (κ1) is 19.0. The number of nitrogens with one attached hydrogen (secondary N) is 1. The number of aromatic nitrogens is 2. The molecule has 4 rings (SSSR count). The predicted octanol–water partition coefficient (Wildman–Crippen LogP) is 3.97. The highest BCUT2D eigenvalue weighted by atomic mass is 79.9. The predicted molar refractivity (Wildman–Crippen MR) is 114 cm³/mol. The van der Waals surface area contributed by atoms with E-state index in [0.29, 0.717) is 37.5 Å². The van der Waals surface area contributed by atoms with Crippen LogP contribution in [0.1, 0.15) is 15.9 Å². The highest BCUT2D eigenvalue weighted by Gasteiger charge is 2.24. The van der Waals surface area contributed by atoms with Gasteiger partial charge in [0.15, 0.2) is 0 Å². The molecule has 0 aliphatic rings. The summed E-state index contributed by atoms with van der Waals surface area (Å²) in [5.74, 6) is -1.57. The van der Waals surface area contributed by atoms with Gasteiger partial charge >= 0.3 is 5.97 Å². The van der Waals surface area contributed by atoms with E-state index in [4.69, 9.17) is 0 Å². The summed E-state index contributed by atoms with van der Waals surface area (Å²) in [6.45, 7) is 0. The van der Waals surface area contributed by atoms with Crippen molar-refractivity contribution in [2.75, 3.05) is 0 Å². The fourth-order valence-corrected chi connectivity index (χ4v) is 3.72. The number of hydrogen-bond acceptors (Lipinski definition) is 4. The van der Waals surface area contributed by atoms with Crippen molar-refractivity contribution in [3.63, 3.8) is 0 Å². The van der Waals surface area contributed by atoms with Crippen molar-refractivity contribution in [1.29, 1.82) is 0 Å². The Hall–Kier alpha value is -3.32. The number of fused-ring (bicyclic) bond motifs is 2. The number of para-hydroxylation sites is 2. The molecule has 0 saturated carbocycles. The van der Waals surface area contributed by atoms with Gasteiger partial charge in [0, 0.05) is 23.4 Å². The molecule has 2 aromatic carbocycles. The maximum absolute atomic E-state index is 13.2. The summed E-state index contributed by atoms with van der Waals surface area (Å²) < 4.78 is 0.556. The van der Waals surface area contributed by atoms with Crippen molar-refractivity contribution in [3.05, 3.63) is 82.6 Å². The zero-order valence-corrected chi connectivity index (χ0v) is 16.8. The fourth-order valence-electron chi connectivity index (χ4n) is 3.31. The number of carbonyl (C=O) groups excluding carboxylic acids is 1. The average Bonchev–Trinajstić information content (AvgIpc) is 2.72. The van der Waals surface area contributed by atoms with Gasteiger partial charge in [-0.15, -0.1) is 0 Å². The Morgan fingerprint density at radius 2 is 1.59 bits per heavy atom. The van der Waals surface area contributed by atoms with Gasteiger partial charge in [-0.3, -0.25) is 4.79 Å². The molecule has 6 nitrogen and oxygen atoms in total. The van der Waals surface area contributed by atoms with Gasteiger partial charge in [0.2, 0.25) is 0 Å². The molecular formula is C22H16BrN3O3. The minimum absolute atomic E-state index is 0.108. The van der Waals surface area contributed by atoms with E-state index in [2.05, 4.69) is 31.2 Å². The van der Waals surface area contributed by atoms with E-state index in [1.807, 2.05) is 48.5 Å². The van der Waals surface area contributed by atoms with Crippen LogP contribution in [0.2, 0.25) is 0 Å². The highest BCUT2D eigenvalue weighted by Crippen LogP contribution is 2.26. The lowest BCUT2D eigenvalue weighted by molar-refractivity contribution is -0.139. The number of aliphatic carboxylic acids is 1. The minimum Gasteiger partial charge on any atom is -0.480 e. The van der Waals surface area contributed by atoms with E-state index in [1.54, 1.807) is 18.3 Å². The molecule has 0 aliphatic carbocycles. The fraction of sp³-hybridized carbons (Fsp3) is 0.0909. The molecule has 2 heterocycles. The van der Waals surface area contributed by atoms with Crippen molar-refractivity contribution < 1.29 is 14.7 Å². The standard InChI is InChI=1S/C22H16BrN3O3/c23-20-13(6-5-11-24-20)12-18(22(28)29)26-21(27)19-14-7-1-3-9-16(14)25-17-10-4-2-8-15(17)19/h1-11,18H,12H2,(H,26,27)(H,28,29)/t18-/m1/s1. The maximum atomic E-state index is 13.2. The van der Waals surface area contributed by atoms with Crippen LogP contribution in [0.15, 0.2) is 71.5 Å². The van der Waals surface area contributed by atoms with Crippen LogP contribution in [0.4, 0.5) is 0 Å². The van der Waals surface area contributed by atoms with Gasteiger partial charge < -0.3 is 10.4 Å². The zero-order chi connectivity index (χ0) is 20.4. The Labute approximate surface area is 174 Å². The number of benzene rings is 2. The van der Waals surface area contributed by atoms with Crippen LogP contribution in [0.25, 0.3) is 21.8 Å². The second kappa shape index (κ2) is 7.97. The first-order valence-corrected chi connectivity index (χ1v) is 9.74. The molecule has 0 spiro atoms. The Morgan fingerprint density at radius 1 is 0.966 bits per heavy atom. The molecule has 0 unspecified atom stereocenters. The monoisotopic (exact) mass is 449 g/mol. The second-order valence-electron chi connectivity index (χ2n) is 6.54. The van der Waals surface area contributed by atoms with Crippen molar-refractivity contribution in [1.82, 2.24) is 15.3 Å². The number of pyridine rings is 2.